The van der Waals surface area contributed by atoms with Crippen LogP contribution in [0.2, 0.25) is 0 Å². The number of hydrogen-bond acceptors (Lipinski definition) is 2. The van der Waals surface area contributed by atoms with Gasteiger partial charge >= 0.3 is 0 Å². The van der Waals surface area contributed by atoms with Crippen LogP contribution in [-0.4, -0.2) is 23.0 Å². The van der Waals surface area contributed by atoms with Crippen molar-refractivity contribution in [1.82, 2.24) is 5.32 Å². The van der Waals surface area contributed by atoms with E-state index in [1.54, 1.807) is 0 Å². The third-order valence-corrected chi connectivity index (χ3v) is 7.34. The molecule has 1 heterocycles. The van der Waals surface area contributed by atoms with Gasteiger partial charge in [0.05, 0.1) is 0 Å². The average molecular weight is 330 g/mol. The highest BCUT2D eigenvalue weighted by molar-refractivity contribution is 7.81. The standard InChI is InChI=1S/C16H30NPS.C2H6/c1-14(18)7-5-3-2-4-6-8-16(19,11-14)15-9-13(15)10-17-12-15;1-2/h13,17,19H,2-12,18H2,1H3;1-2H3/t13-,14?,15?,16+;/m1./s1. The quantitative estimate of drug-likeness (QED) is 0.506. The fraction of sp³-hybridized carbons (Fsp3) is 1.00. The van der Waals surface area contributed by atoms with Crippen LogP contribution in [0, 0.1) is 11.3 Å². The largest absolute Gasteiger partial charge is 0.316 e. The van der Waals surface area contributed by atoms with Gasteiger partial charge in [-0.2, -0.15) is 12.6 Å². The Hall–Kier alpha value is 0.740. The molecule has 3 rings (SSSR count). The fourth-order valence-electron chi connectivity index (χ4n) is 4.82. The van der Waals surface area contributed by atoms with Gasteiger partial charge in [0.2, 0.25) is 0 Å². The fourth-order valence-corrected chi connectivity index (χ4v) is 6.41. The SMILES string of the molecule is CC.CC1(P)CCCCCCC[C@@](S)(C23CNC[C@H]2C3)C1. The molecule has 3 fully saturated rings. The minimum absolute atomic E-state index is 0.273. The Bertz CT molecular complexity index is 346. The zero-order valence-corrected chi connectivity index (χ0v) is 16.4. The highest BCUT2D eigenvalue weighted by Gasteiger charge is 2.67. The normalized spacial score (nSPS) is 47.0. The lowest BCUT2D eigenvalue weighted by Crippen LogP contribution is -2.43. The van der Waals surface area contributed by atoms with Crippen molar-refractivity contribution in [3.63, 3.8) is 0 Å². The molecular formula is C18H36NPS. The van der Waals surface area contributed by atoms with E-state index in [1.807, 2.05) is 13.8 Å². The van der Waals surface area contributed by atoms with Gasteiger partial charge in [-0.3, -0.25) is 0 Å². The first kappa shape index (κ1) is 18.1. The van der Waals surface area contributed by atoms with E-state index >= 15 is 0 Å². The molecule has 5 atom stereocenters. The van der Waals surface area contributed by atoms with Gasteiger partial charge in [0, 0.05) is 16.7 Å². The van der Waals surface area contributed by atoms with Gasteiger partial charge < -0.3 is 5.32 Å². The van der Waals surface area contributed by atoms with Crippen molar-refractivity contribution < 1.29 is 0 Å². The Morgan fingerprint density at radius 2 is 1.67 bits per heavy atom. The maximum Gasteiger partial charge on any atom is 0.0209 e. The van der Waals surface area contributed by atoms with E-state index in [9.17, 15) is 0 Å². The van der Waals surface area contributed by atoms with Crippen molar-refractivity contribution in [3.8, 4) is 0 Å². The molecule has 1 N–H and O–H groups in total. The second-order valence-corrected chi connectivity index (χ2v) is 10.1. The zero-order chi connectivity index (χ0) is 15.6. The lowest BCUT2D eigenvalue weighted by molar-refractivity contribution is 0.272. The predicted octanol–water partition coefficient (Wildman–Crippen LogP) is 5.06. The summed E-state index contributed by atoms with van der Waals surface area (Å²) >= 11 is 5.33. The lowest BCUT2D eigenvalue weighted by atomic mass is 9.75. The molecule has 0 aromatic heterocycles. The van der Waals surface area contributed by atoms with Crippen LogP contribution in [0.15, 0.2) is 0 Å². The summed E-state index contributed by atoms with van der Waals surface area (Å²) < 4.78 is 0.273. The molecular weight excluding hydrogens is 293 g/mol. The van der Waals surface area contributed by atoms with E-state index in [0.717, 1.165) is 5.92 Å². The molecule has 3 aliphatic rings. The first-order valence-electron chi connectivity index (χ1n) is 9.20. The van der Waals surface area contributed by atoms with Crippen LogP contribution in [0.3, 0.4) is 0 Å². The molecule has 3 heteroatoms. The molecule has 0 radical (unpaired) electrons. The molecule has 0 aromatic carbocycles. The maximum atomic E-state index is 5.33. The van der Waals surface area contributed by atoms with Crippen LogP contribution in [0.4, 0.5) is 0 Å². The molecule has 0 aromatic rings. The molecule has 3 unspecified atom stereocenters. The highest BCUT2D eigenvalue weighted by Crippen LogP contribution is 2.67. The van der Waals surface area contributed by atoms with Crippen molar-refractivity contribution in [2.75, 3.05) is 13.1 Å². The van der Waals surface area contributed by atoms with Gasteiger partial charge in [-0.05, 0) is 43.3 Å². The number of thiol groups is 1. The molecule has 1 aliphatic heterocycles. The molecule has 21 heavy (non-hydrogen) atoms. The van der Waals surface area contributed by atoms with Crippen molar-refractivity contribution in [1.29, 1.82) is 0 Å². The molecule has 0 spiro atoms. The molecule has 2 aliphatic carbocycles. The maximum absolute atomic E-state index is 5.33. The Morgan fingerprint density at radius 1 is 1.05 bits per heavy atom. The van der Waals surface area contributed by atoms with Crippen LogP contribution in [0.1, 0.15) is 78.6 Å². The topological polar surface area (TPSA) is 12.0 Å². The summed E-state index contributed by atoms with van der Waals surface area (Å²) in [5, 5.41) is 4.01. The number of fused-ring (bicyclic) bond motifs is 1. The second-order valence-electron chi connectivity index (χ2n) is 7.82. The molecule has 0 amide bonds. The zero-order valence-electron chi connectivity index (χ0n) is 14.4. The number of nitrogens with one attached hydrogen (secondary N) is 1. The number of piperidine rings is 1. The summed E-state index contributed by atoms with van der Waals surface area (Å²) in [6, 6.07) is 0. The van der Waals surface area contributed by atoms with E-state index in [0.29, 0.717) is 10.6 Å². The Labute approximate surface area is 140 Å². The smallest absolute Gasteiger partial charge is 0.0209 e. The Morgan fingerprint density at radius 3 is 2.24 bits per heavy atom. The molecule has 124 valence electrons. The summed E-state index contributed by atoms with van der Waals surface area (Å²) in [5.74, 6) is 0.925. The van der Waals surface area contributed by atoms with Crippen LogP contribution >= 0.6 is 21.9 Å². The molecule has 1 saturated heterocycles. The van der Waals surface area contributed by atoms with Crippen molar-refractivity contribution in [2.45, 2.75) is 88.5 Å². The Balaban J connectivity index is 0.000000774. The lowest BCUT2D eigenvalue weighted by Gasteiger charge is -2.43. The number of rotatable bonds is 1. The molecule has 2 saturated carbocycles. The van der Waals surface area contributed by atoms with Gasteiger partial charge in [-0.1, -0.05) is 52.9 Å². The molecule has 0 bridgehead atoms. The summed E-state index contributed by atoms with van der Waals surface area (Å²) in [6.07, 6.45) is 12.5. The average Bonchev–Trinajstić information content (AvgIpc) is 3.02. The van der Waals surface area contributed by atoms with Gasteiger partial charge in [0.1, 0.15) is 0 Å². The van der Waals surface area contributed by atoms with Gasteiger partial charge in [0.15, 0.2) is 0 Å². The van der Waals surface area contributed by atoms with E-state index in [1.165, 1.54) is 70.9 Å². The number of hydrogen-bond donors (Lipinski definition) is 2. The minimum atomic E-state index is 0.273. The van der Waals surface area contributed by atoms with Gasteiger partial charge in [-0.15, -0.1) is 9.24 Å². The van der Waals surface area contributed by atoms with Crippen LogP contribution in [0.25, 0.3) is 0 Å². The van der Waals surface area contributed by atoms with Crippen LogP contribution < -0.4 is 5.32 Å². The minimum Gasteiger partial charge on any atom is -0.316 e. The summed E-state index contributed by atoms with van der Waals surface area (Å²) in [5.41, 5.74) is 0.535. The van der Waals surface area contributed by atoms with Crippen molar-refractivity contribution >= 4 is 21.9 Å². The third kappa shape index (κ3) is 3.81. The third-order valence-electron chi connectivity index (χ3n) is 6.02. The first-order chi connectivity index (χ1) is 9.98. The molecule has 1 nitrogen and oxygen atoms in total. The predicted molar refractivity (Wildman–Crippen MR) is 102 cm³/mol. The monoisotopic (exact) mass is 329 g/mol. The second kappa shape index (κ2) is 7.10. The van der Waals surface area contributed by atoms with Crippen LogP contribution in [0.5, 0.6) is 0 Å². The van der Waals surface area contributed by atoms with E-state index in [-0.39, 0.29) is 4.75 Å². The summed E-state index contributed by atoms with van der Waals surface area (Å²) in [4.78, 5) is 0. The first-order valence-corrected chi connectivity index (χ1v) is 10.2. The van der Waals surface area contributed by atoms with Gasteiger partial charge in [0.25, 0.3) is 0 Å². The summed E-state index contributed by atoms with van der Waals surface area (Å²) in [6.45, 7) is 8.92. The van der Waals surface area contributed by atoms with E-state index in [2.05, 4.69) is 21.5 Å². The van der Waals surface area contributed by atoms with E-state index in [4.69, 9.17) is 12.6 Å². The van der Waals surface area contributed by atoms with Crippen molar-refractivity contribution in [2.24, 2.45) is 11.3 Å². The van der Waals surface area contributed by atoms with Crippen molar-refractivity contribution in [3.05, 3.63) is 0 Å². The summed E-state index contributed by atoms with van der Waals surface area (Å²) in [7, 11) is 3.17. The van der Waals surface area contributed by atoms with Gasteiger partial charge in [-0.25, -0.2) is 0 Å². The Kier molecular flexibility index (Phi) is 6.11. The van der Waals surface area contributed by atoms with E-state index < -0.39 is 0 Å². The highest BCUT2D eigenvalue weighted by atomic mass is 32.1. The van der Waals surface area contributed by atoms with Crippen LogP contribution in [-0.2, 0) is 0 Å².